The quantitative estimate of drug-likeness (QED) is 0.349. The summed E-state index contributed by atoms with van der Waals surface area (Å²) in [6, 6.07) is 15.8. The van der Waals surface area contributed by atoms with Gasteiger partial charge in [0.2, 0.25) is 0 Å². The summed E-state index contributed by atoms with van der Waals surface area (Å²) in [7, 11) is 0. The third-order valence-corrected chi connectivity index (χ3v) is 7.27. The van der Waals surface area contributed by atoms with E-state index >= 15 is 0 Å². The molecule has 2 heterocycles. The van der Waals surface area contributed by atoms with Crippen molar-refractivity contribution in [1.29, 1.82) is 0 Å². The maximum Gasteiger partial charge on any atom is 0.344 e. The van der Waals surface area contributed by atoms with Crippen LogP contribution in [0, 0.1) is 13.8 Å². The van der Waals surface area contributed by atoms with E-state index < -0.39 is 11.9 Å². The molecule has 1 aliphatic rings. The Kier molecular flexibility index (Phi) is 7.73. The molecule has 9 heteroatoms. The van der Waals surface area contributed by atoms with Crippen molar-refractivity contribution in [2.24, 2.45) is 4.99 Å². The largest absolute Gasteiger partial charge is 0.506 e. The van der Waals surface area contributed by atoms with Gasteiger partial charge in [0.25, 0.3) is 5.91 Å². The predicted molar refractivity (Wildman–Crippen MR) is 145 cm³/mol. The molecule has 184 valence electrons. The Labute approximate surface area is 222 Å². The van der Waals surface area contributed by atoms with Crippen molar-refractivity contribution in [2.75, 3.05) is 6.61 Å². The molecular formula is C27H22Cl2N2O4S. The first-order valence-electron chi connectivity index (χ1n) is 11.0. The Hall–Kier alpha value is -3.26. The molecule has 6 nitrogen and oxygen atoms in total. The molecule has 1 amide bonds. The summed E-state index contributed by atoms with van der Waals surface area (Å²) in [5.41, 5.74) is 3.71. The third-order valence-electron chi connectivity index (χ3n) is 5.51. The minimum absolute atomic E-state index is 0.0874. The summed E-state index contributed by atoms with van der Waals surface area (Å²) >= 11 is 13.3. The second-order valence-electron chi connectivity index (χ2n) is 7.90. The van der Waals surface area contributed by atoms with Crippen LogP contribution in [0.3, 0.4) is 0 Å². The van der Waals surface area contributed by atoms with Gasteiger partial charge in [-0.05, 0) is 68.8 Å². The number of carbonyl (C=O) groups excluding carboxylic acids is 2. The van der Waals surface area contributed by atoms with Gasteiger partial charge in [-0.1, -0.05) is 53.2 Å². The zero-order chi connectivity index (χ0) is 26.0. The van der Waals surface area contributed by atoms with E-state index in [9.17, 15) is 14.7 Å². The number of rotatable bonds is 5. The molecule has 36 heavy (non-hydrogen) atoms. The van der Waals surface area contributed by atoms with Crippen molar-refractivity contribution in [3.8, 4) is 5.69 Å². The second-order valence-corrected chi connectivity index (χ2v) is 9.75. The molecule has 4 rings (SSSR count). The van der Waals surface area contributed by atoms with Gasteiger partial charge >= 0.3 is 5.97 Å². The average molecular weight is 541 g/mol. The zero-order valence-electron chi connectivity index (χ0n) is 19.7. The number of benzene rings is 2. The van der Waals surface area contributed by atoms with Gasteiger partial charge in [-0.25, -0.2) is 9.79 Å². The number of aliphatic imine (C=N–C) groups is 1. The molecule has 1 aliphatic heterocycles. The molecule has 1 N–H and O–H groups in total. The fraction of sp³-hybridized carbons (Fsp3) is 0.148. The number of carbonyl (C=O) groups is 2. The van der Waals surface area contributed by atoms with Crippen molar-refractivity contribution in [1.82, 2.24) is 4.57 Å². The van der Waals surface area contributed by atoms with Crippen molar-refractivity contribution in [3.63, 3.8) is 0 Å². The summed E-state index contributed by atoms with van der Waals surface area (Å²) in [4.78, 5) is 29.9. The lowest BCUT2D eigenvalue weighted by Gasteiger charge is -2.10. The third kappa shape index (κ3) is 5.14. The molecule has 0 saturated heterocycles. The van der Waals surface area contributed by atoms with E-state index in [1.54, 1.807) is 55.5 Å². The topological polar surface area (TPSA) is 80.9 Å². The van der Waals surface area contributed by atoms with Crippen LogP contribution in [-0.2, 0) is 9.53 Å². The van der Waals surface area contributed by atoms with E-state index in [4.69, 9.17) is 27.9 Å². The number of ether oxygens (including phenoxy) is 1. The molecule has 0 radical (unpaired) electrons. The molecular weight excluding hydrogens is 519 g/mol. The molecule has 0 aliphatic carbocycles. The number of hydrogen-bond donors (Lipinski definition) is 1. The smallest absolute Gasteiger partial charge is 0.344 e. The van der Waals surface area contributed by atoms with Crippen molar-refractivity contribution < 1.29 is 19.4 Å². The van der Waals surface area contributed by atoms with E-state index in [0.717, 1.165) is 34.4 Å². The molecule has 3 aromatic rings. The van der Waals surface area contributed by atoms with Gasteiger partial charge in [0, 0.05) is 22.6 Å². The fourth-order valence-corrected chi connectivity index (χ4v) is 5.12. The first-order valence-corrected chi connectivity index (χ1v) is 12.6. The van der Waals surface area contributed by atoms with Crippen molar-refractivity contribution in [3.05, 3.63) is 103 Å². The Morgan fingerprint density at radius 1 is 1.08 bits per heavy atom. The maximum absolute atomic E-state index is 12.7. The molecule has 0 saturated carbocycles. The highest BCUT2D eigenvalue weighted by atomic mass is 35.5. The van der Waals surface area contributed by atoms with E-state index in [1.807, 2.05) is 30.5 Å². The van der Waals surface area contributed by atoms with Gasteiger partial charge in [-0.2, -0.15) is 0 Å². The van der Waals surface area contributed by atoms with Gasteiger partial charge in [0.1, 0.15) is 16.4 Å². The van der Waals surface area contributed by atoms with Crippen LogP contribution >= 0.6 is 35.0 Å². The number of nitrogens with zero attached hydrogens (tertiary/aromatic N) is 2. The van der Waals surface area contributed by atoms with E-state index in [0.29, 0.717) is 20.5 Å². The first-order chi connectivity index (χ1) is 17.2. The number of thioether (sulfide) groups is 1. The number of aromatic nitrogens is 1. The van der Waals surface area contributed by atoms with Crippen LogP contribution in [0.5, 0.6) is 0 Å². The Morgan fingerprint density at radius 2 is 1.81 bits per heavy atom. The second kappa shape index (κ2) is 10.8. The molecule has 0 atom stereocenters. The number of halogens is 2. The van der Waals surface area contributed by atoms with Gasteiger partial charge in [0.15, 0.2) is 0 Å². The Balaban J connectivity index is 1.76. The molecule has 0 spiro atoms. The normalized spacial score (nSPS) is 15.7. The fourth-order valence-electron chi connectivity index (χ4n) is 3.83. The summed E-state index contributed by atoms with van der Waals surface area (Å²) in [5, 5.41) is 12.0. The van der Waals surface area contributed by atoms with Crippen LogP contribution in [0.2, 0.25) is 10.0 Å². The lowest BCUT2D eigenvalue weighted by molar-refractivity contribution is -0.138. The summed E-state index contributed by atoms with van der Waals surface area (Å²) in [6.45, 7) is 5.66. The van der Waals surface area contributed by atoms with Crippen molar-refractivity contribution >= 4 is 58.0 Å². The molecule has 0 unspecified atom stereocenters. The van der Waals surface area contributed by atoms with Crippen LogP contribution in [-0.4, -0.2) is 33.2 Å². The first kappa shape index (κ1) is 25.8. The number of aliphatic hydroxyl groups excluding tert-OH is 1. The van der Waals surface area contributed by atoms with Gasteiger partial charge in [-0.3, -0.25) is 4.79 Å². The monoisotopic (exact) mass is 540 g/mol. The molecule has 0 bridgehead atoms. The van der Waals surface area contributed by atoms with Crippen LogP contribution in [0.25, 0.3) is 11.8 Å². The standard InChI is InChI=1S/C27H22Cl2N2O4S/c1-4-35-27(34)23-24(32)22(36-26(23)30-25(33)17-8-6-5-7-9-17)13-18-12-15(2)31(16(18)3)19-10-11-20(28)21(29)14-19/h5-14,32H,4H2,1-3H3/b22-13+,30-26?. The van der Waals surface area contributed by atoms with Gasteiger partial charge in [-0.15, -0.1) is 0 Å². The number of hydrogen-bond acceptors (Lipinski definition) is 5. The van der Waals surface area contributed by atoms with E-state index in [-0.39, 0.29) is 23.0 Å². The summed E-state index contributed by atoms with van der Waals surface area (Å²) in [5.74, 6) is -1.55. The predicted octanol–water partition coefficient (Wildman–Crippen LogP) is 7.10. The lowest BCUT2D eigenvalue weighted by Crippen LogP contribution is -2.14. The number of esters is 1. The highest BCUT2D eigenvalue weighted by Gasteiger charge is 2.34. The van der Waals surface area contributed by atoms with Gasteiger partial charge < -0.3 is 14.4 Å². The summed E-state index contributed by atoms with van der Waals surface area (Å²) in [6.07, 6.45) is 1.76. The number of aliphatic hydroxyl groups is 1. The van der Waals surface area contributed by atoms with E-state index in [2.05, 4.69) is 4.99 Å². The van der Waals surface area contributed by atoms with Crippen LogP contribution in [0.1, 0.15) is 34.2 Å². The van der Waals surface area contributed by atoms with Crippen LogP contribution in [0.4, 0.5) is 0 Å². The van der Waals surface area contributed by atoms with E-state index in [1.165, 1.54) is 0 Å². The zero-order valence-corrected chi connectivity index (χ0v) is 22.0. The number of amides is 1. The Bertz CT molecular complexity index is 1460. The highest BCUT2D eigenvalue weighted by Crippen LogP contribution is 2.40. The highest BCUT2D eigenvalue weighted by molar-refractivity contribution is 8.18. The van der Waals surface area contributed by atoms with Gasteiger partial charge in [0.05, 0.1) is 21.6 Å². The maximum atomic E-state index is 12.7. The SMILES string of the molecule is CCOC(=O)C1=C(O)/C(=C\c2cc(C)n(-c3ccc(Cl)c(Cl)c3)c2C)SC1=NC(=O)c1ccccc1. The molecule has 1 aromatic heterocycles. The Morgan fingerprint density at radius 3 is 2.47 bits per heavy atom. The number of aryl methyl sites for hydroxylation is 1. The minimum atomic E-state index is -0.744. The molecule has 0 fully saturated rings. The van der Waals surface area contributed by atoms with Crippen LogP contribution < -0.4 is 0 Å². The lowest BCUT2D eigenvalue weighted by atomic mass is 10.1. The molecule has 2 aromatic carbocycles. The minimum Gasteiger partial charge on any atom is -0.506 e. The van der Waals surface area contributed by atoms with Crippen molar-refractivity contribution in [2.45, 2.75) is 20.8 Å². The van der Waals surface area contributed by atoms with Crippen LogP contribution in [0.15, 0.2) is 75.8 Å². The average Bonchev–Trinajstić information content (AvgIpc) is 3.31. The summed E-state index contributed by atoms with van der Waals surface area (Å²) < 4.78 is 7.13.